The molecule has 194 valence electrons. The van der Waals surface area contributed by atoms with Crippen molar-refractivity contribution in [3.05, 3.63) is 83.9 Å². The fourth-order valence-corrected chi connectivity index (χ4v) is 4.19. The van der Waals surface area contributed by atoms with Crippen molar-refractivity contribution in [2.45, 2.75) is 37.3 Å². The van der Waals surface area contributed by atoms with E-state index >= 15 is 0 Å². The number of benzene rings is 2. The minimum atomic E-state index is -4.16. The van der Waals surface area contributed by atoms with Gasteiger partial charge in [0.05, 0.1) is 7.11 Å². The summed E-state index contributed by atoms with van der Waals surface area (Å²) in [6.07, 6.45) is -0.864. The molecule has 37 heavy (non-hydrogen) atoms. The first-order valence-electron chi connectivity index (χ1n) is 10.9. The van der Waals surface area contributed by atoms with Crippen molar-refractivity contribution in [2.75, 3.05) is 11.8 Å². The molecule has 0 aromatic heterocycles. The van der Waals surface area contributed by atoms with Crippen molar-refractivity contribution in [1.82, 2.24) is 5.32 Å². The van der Waals surface area contributed by atoms with Gasteiger partial charge in [-0.15, -0.1) is 0 Å². The summed E-state index contributed by atoms with van der Waals surface area (Å²) in [4.78, 5) is 24.3. The summed E-state index contributed by atoms with van der Waals surface area (Å²) < 4.78 is 65.3. The second kappa shape index (κ2) is 10.8. The zero-order valence-corrected chi connectivity index (χ0v) is 21.2. The standard InChI is InChI=1S/C26H24F2N2O6S/c1-26(2,3)36-25(32)29-23(24(31)35-4)17-6-5-7-19(14-17)30-37(33,34)20-11-8-16(9-12-20)21-13-10-18(27)15-22(21)28/h5-8,10-11,13-15,23,30H,1-4H3,(H,29,32). The maximum atomic E-state index is 14.0. The van der Waals surface area contributed by atoms with Crippen LogP contribution in [-0.4, -0.2) is 33.2 Å². The number of hydrogen-bond acceptors (Lipinski definition) is 6. The van der Waals surface area contributed by atoms with Gasteiger partial charge in [0.15, 0.2) is 6.04 Å². The maximum absolute atomic E-state index is 14.0. The Hall–Kier alpha value is -4.17. The minimum Gasteiger partial charge on any atom is -0.467 e. The van der Waals surface area contributed by atoms with E-state index in [1.807, 2.05) is 0 Å². The third-order valence-corrected chi connectivity index (χ3v) is 6.12. The fraction of sp³-hybridized carbons (Fsp3) is 0.231. The molecule has 0 aliphatic carbocycles. The van der Waals surface area contributed by atoms with Crippen LogP contribution in [0.15, 0.2) is 59.5 Å². The molecule has 3 rings (SSSR count). The number of hydrogen-bond donors (Lipinski definition) is 2. The highest BCUT2D eigenvalue weighted by atomic mass is 32.2. The van der Waals surface area contributed by atoms with Crippen LogP contribution in [0.2, 0.25) is 0 Å². The van der Waals surface area contributed by atoms with Gasteiger partial charge < -0.3 is 14.8 Å². The highest BCUT2D eigenvalue weighted by molar-refractivity contribution is 7.92. The van der Waals surface area contributed by atoms with Gasteiger partial charge >= 0.3 is 12.1 Å². The smallest absolute Gasteiger partial charge is 0.408 e. The molecule has 8 nitrogen and oxygen atoms in total. The molecule has 0 fully saturated rings. The number of amides is 1. The number of rotatable bonds is 7. The lowest BCUT2D eigenvalue weighted by molar-refractivity contribution is -0.143. The molecular weight excluding hydrogens is 506 g/mol. The van der Waals surface area contributed by atoms with Crippen molar-refractivity contribution in [3.63, 3.8) is 0 Å². The van der Waals surface area contributed by atoms with Crippen molar-refractivity contribution in [2.24, 2.45) is 0 Å². The number of ether oxygens (including phenoxy) is 2. The molecule has 1 atom stereocenters. The first-order valence-corrected chi connectivity index (χ1v) is 12.4. The Labute approximate surface area is 213 Å². The molecule has 0 radical (unpaired) electrons. The Kier molecular flexibility index (Phi) is 8.03. The molecule has 0 aliphatic rings. The van der Waals surface area contributed by atoms with Crippen LogP contribution >= 0.6 is 0 Å². The summed E-state index contributed by atoms with van der Waals surface area (Å²) >= 11 is 0. The molecule has 0 saturated heterocycles. The summed E-state index contributed by atoms with van der Waals surface area (Å²) in [5.41, 5.74) is -0.274. The van der Waals surface area contributed by atoms with Gasteiger partial charge in [-0.05, 0) is 68.8 Å². The number of methoxy groups -OCH3 is 1. The Morgan fingerprint density at radius 3 is 2.32 bits per heavy atom. The third kappa shape index (κ3) is 7.17. The van der Waals surface area contributed by atoms with Crippen LogP contribution in [0.1, 0.15) is 32.4 Å². The molecule has 3 aromatic rings. The van der Waals surface area contributed by atoms with E-state index in [-0.39, 0.29) is 27.3 Å². The fourth-order valence-electron chi connectivity index (χ4n) is 3.21. The number of carbonyl (C=O) groups excluding carboxylic acids is 2. The quantitative estimate of drug-likeness (QED) is 0.426. The first kappa shape index (κ1) is 27.4. The number of anilines is 1. The van der Waals surface area contributed by atoms with Crippen LogP contribution in [0.25, 0.3) is 11.1 Å². The van der Waals surface area contributed by atoms with Gasteiger partial charge in [0.1, 0.15) is 22.1 Å². The Morgan fingerprint density at radius 1 is 1.00 bits per heavy atom. The predicted molar refractivity (Wildman–Crippen MR) is 131 cm³/mol. The van der Waals surface area contributed by atoms with Crippen molar-refractivity contribution in [3.8, 4) is 11.1 Å². The predicted octanol–water partition coefficient (Wildman–Crippen LogP) is 4.77. The van der Waals surface area contributed by atoms with Crippen LogP contribution < -0.4 is 10.0 Å². The van der Waals surface area contributed by atoms with Gasteiger partial charge in [0.25, 0.3) is 10.0 Å². The molecular formula is C26H24F2N2O6S. The number of sulfonamides is 1. The van der Waals surface area contributed by atoms with Crippen molar-refractivity contribution < 1.29 is 36.3 Å². The lowest BCUT2D eigenvalue weighted by atomic mass is 10.1. The topological polar surface area (TPSA) is 111 Å². The second-order valence-corrected chi connectivity index (χ2v) is 10.5. The van der Waals surface area contributed by atoms with Crippen LogP contribution in [0.3, 0.4) is 0 Å². The van der Waals surface area contributed by atoms with E-state index in [1.165, 1.54) is 42.5 Å². The first-order chi connectivity index (χ1) is 17.3. The average molecular weight is 531 g/mol. The summed E-state index contributed by atoms with van der Waals surface area (Å²) in [6, 6.07) is 15.0. The molecule has 0 saturated carbocycles. The number of alkyl carbamates (subject to hydrolysis) is 1. The van der Waals surface area contributed by atoms with Crippen LogP contribution in [0, 0.1) is 23.8 Å². The SMILES string of the molecule is COC(=O)C(NC(=O)OC(C)(C)C)c1cccc(NS(=O)(=O)c2c#cc(-c3ccc(F)cc3F)cc2)c1. The number of carbonyl (C=O) groups is 2. The zero-order chi connectivity index (χ0) is 27.4. The van der Waals surface area contributed by atoms with Crippen LogP contribution in [-0.2, 0) is 24.3 Å². The minimum absolute atomic E-state index is 0.0357. The molecule has 11 heteroatoms. The summed E-state index contributed by atoms with van der Waals surface area (Å²) in [5.74, 6) is -2.36. The van der Waals surface area contributed by atoms with Gasteiger partial charge in [0, 0.05) is 22.9 Å². The van der Waals surface area contributed by atoms with Gasteiger partial charge in [-0.1, -0.05) is 18.2 Å². The normalized spacial score (nSPS) is 12.2. The average Bonchev–Trinajstić information content (AvgIpc) is 2.81. The molecule has 0 spiro atoms. The van der Waals surface area contributed by atoms with Gasteiger partial charge in [-0.25, -0.2) is 26.8 Å². The van der Waals surface area contributed by atoms with Crippen molar-refractivity contribution >= 4 is 27.8 Å². The molecule has 2 N–H and O–H groups in total. The van der Waals surface area contributed by atoms with E-state index in [0.29, 0.717) is 6.07 Å². The highest BCUT2D eigenvalue weighted by Gasteiger charge is 2.27. The van der Waals surface area contributed by atoms with Gasteiger partial charge in [-0.2, -0.15) is 0 Å². The van der Waals surface area contributed by atoms with Gasteiger partial charge in [0.2, 0.25) is 0 Å². The Morgan fingerprint density at radius 2 is 1.73 bits per heavy atom. The second-order valence-electron chi connectivity index (χ2n) is 8.82. The number of nitrogens with one attached hydrogen (secondary N) is 2. The van der Waals surface area contributed by atoms with E-state index in [9.17, 15) is 26.8 Å². The van der Waals surface area contributed by atoms with Gasteiger partial charge in [-0.3, -0.25) is 4.72 Å². The molecule has 1 unspecified atom stereocenters. The Balaban J connectivity index is 1.83. The van der Waals surface area contributed by atoms with Crippen LogP contribution in [0.4, 0.5) is 19.3 Å². The van der Waals surface area contributed by atoms with Crippen molar-refractivity contribution in [1.29, 1.82) is 0 Å². The molecule has 1 amide bonds. The van der Waals surface area contributed by atoms with E-state index in [1.54, 1.807) is 20.8 Å². The molecule has 0 heterocycles. The molecule has 0 bridgehead atoms. The number of esters is 1. The lowest BCUT2D eigenvalue weighted by Crippen LogP contribution is -2.38. The Bertz CT molecular complexity index is 1400. The van der Waals surface area contributed by atoms with E-state index in [2.05, 4.69) is 22.2 Å². The highest BCUT2D eigenvalue weighted by Crippen LogP contribution is 2.25. The van der Waals surface area contributed by atoms with Crippen LogP contribution in [0.5, 0.6) is 0 Å². The largest absolute Gasteiger partial charge is 0.467 e. The van der Waals surface area contributed by atoms with E-state index in [0.717, 1.165) is 13.2 Å². The molecule has 3 aromatic carbocycles. The maximum Gasteiger partial charge on any atom is 0.408 e. The zero-order valence-electron chi connectivity index (χ0n) is 20.4. The van der Waals surface area contributed by atoms with E-state index in [4.69, 9.17) is 9.47 Å². The molecule has 0 aliphatic heterocycles. The summed E-state index contributed by atoms with van der Waals surface area (Å²) in [5, 5.41) is 2.41. The number of halogens is 2. The monoisotopic (exact) mass is 530 g/mol. The summed E-state index contributed by atoms with van der Waals surface area (Å²) in [6.45, 7) is 4.98. The third-order valence-electron chi connectivity index (χ3n) is 4.80. The summed E-state index contributed by atoms with van der Waals surface area (Å²) in [7, 11) is -3.02. The van der Waals surface area contributed by atoms with E-state index < -0.39 is 45.4 Å². The lowest BCUT2D eigenvalue weighted by Gasteiger charge is -2.23.